The monoisotopic (exact) mass is 248 g/mol. The third-order valence-electron chi connectivity index (χ3n) is 1.80. The van der Waals surface area contributed by atoms with Crippen molar-refractivity contribution in [1.82, 2.24) is 0 Å². The van der Waals surface area contributed by atoms with E-state index in [0.717, 1.165) is 12.1 Å². The molecular formula is C11H8F4O2. The van der Waals surface area contributed by atoms with E-state index in [9.17, 15) is 22.4 Å². The number of benzene rings is 1. The van der Waals surface area contributed by atoms with Crippen LogP contribution in [0.25, 0.3) is 0 Å². The minimum atomic E-state index is -5.07. The van der Waals surface area contributed by atoms with Gasteiger partial charge >= 0.3 is 6.18 Å². The molecule has 1 aromatic rings. The summed E-state index contributed by atoms with van der Waals surface area (Å²) in [5.74, 6) is -3.41. The number of hydrogen-bond acceptors (Lipinski definition) is 2. The lowest BCUT2D eigenvalue weighted by molar-refractivity contribution is -0.0886. The standard InChI is InChI=1S/C11H8F4O2/c1-2-5-17-9-4-3-7(12)6-8(9)10(16)11(13,14)15/h2-4,6H,1,5H2. The van der Waals surface area contributed by atoms with E-state index in [1.54, 1.807) is 0 Å². The van der Waals surface area contributed by atoms with Crippen LogP contribution in [0.15, 0.2) is 30.9 Å². The number of ether oxygens (including phenoxy) is 1. The van der Waals surface area contributed by atoms with Crippen molar-refractivity contribution in [2.24, 2.45) is 0 Å². The van der Waals surface area contributed by atoms with Gasteiger partial charge in [-0.3, -0.25) is 4.79 Å². The second-order valence-corrected chi connectivity index (χ2v) is 3.07. The van der Waals surface area contributed by atoms with Crippen molar-refractivity contribution in [3.63, 3.8) is 0 Å². The second kappa shape index (κ2) is 4.99. The van der Waals surface area contributed by atoms with E-state index in [1.807, 2.05) is 0 Å². The van der Waals surface area contributed by atoms with E-state index < -0.39 is 23.3 Å². The first-order valence-corrected chi connectivity index (χ1v) is 4.51. The number of hydrogen-bond donors (Lipinski definition) is 0. The molecule has 1 rings (SSSR count). The Labute approximate surface area is 94.5 Å². The van der Waals surface area contributed by atoms with E-state index in [0.29, 0.717) is 6.07 Å². The Morgan fingerprint density at radius 1 is 1.41 bits per heavy atom. The normalized spacial score (nSPS) is 11.1. The van der Waals surface area contributed by atoms with Gasteiger partial charge in [0.25, 0.3) is 5.78 Å². The predicted octanol–water partition coefficient (Wildman–Crippen LogP) is 3.14. The van der Waals surface area contributed by atoms with Crippen LogP contribution in [0, 0.1) is 5.82 Å². The molecule has 17 heavy (non-hydrogen) atoms. The minimum Gasteiger partial charge on any atom is -0.489 e. The van der Waals surface area contributed by atoms with Gasteiger partial charge in [-0.1, -0.05) is 12.7 Å². The number of Topliss-reactive ketones (excluding diaryl/α,β-unsaturated/α-hetero) is 1. The van der Waals surface area contributed by atoms with Crippen LogP contribution in [0.5, 0.6) is 5.75 Å². The van der Waals surface area contributed by atoms with Crippen LogP contribution in [0.2, 0.25) is 0 Å². The zero-order valence-corrected chi connectivity index (χ0v) is 8.55. The molecule has 0 atom stereocenters. The van der Waals surface area contributed by atoms with Crippen molar-refractivity contribution in [3.05, 3.63) is 42.2 Å². The fraction of sp³-hybridized carbons (Fsp3) is 0.182. The number of carbonyl (C=O) groups is 1. The van der Waals surface area contributed by atoms with Crippen molar-refractivity contribution in [2.45, 2.75) is 6.18 Å². The van der Waals surface area contributed by atoms with Crippen molar-refractivity contribution >= 4 is 5.78 Å². The van der Waals surface area contributed by atoms with Crippen LogP contribution in [0.4, 0.5) is 17.6 Å². The zero-order valence-electron chi connectivity index (χ0n) is 8.55. The highest BCUT2D eigenvalue weighted by Crippen LogP contribution is 2.28. The van der Waals surface area contributed by atoms with Crippen LogP contribution in [0.3, 0.4) is 0 Å². The van der Waals surface area contributed by atoms with Gasteiger partial charge < -0.3 is 4.74 Å². The first-order chi connectivity index (χ1) is 7.86. The molecule has 6 heteroatoms. The average molecular weight is 248 g/mol. The fourth-order valence-electron chi connectivity index (χ4n) is 1.11. The Hall–Kier alpha value is -1.85. The Kier molecular flexibility index (Phi) is 3.88. The van der Waals surface area contributed by atoms with Crippen LogP contribution in [0.1, 0.15) is 10.4 Å². The number of halogens is 4. The molecule has 0 unspecified atom stereocenters. The van der Waals surface area contributed by atoms with Crippen molar-refractivity contribution < 1.29 is 27.1 Å². The molecule has 0 aliphatic heterocycles. The summed E-state index contributed by atoms with van der Waals surface area (Å²) in [5.41, 5.74) is -0.848. The first kappa shape index (κ1) is 13.2. The van der Waals surface area contributed by atoms with Gasteiger partial charge in [-0.2, -0.15) is 13.2 Å². The molecule has 0 aromatic heterocycles. The van der Waals surface area contributed by atoms with Gasteiger partial charge in [-0.05, 0) is 18.2 Å². The Morgan fingerprint density at radius 2 is 2.06 bits per heavy atom. The molecule has 0 amide bonds. The summed E-state index contributed by atoms with van der Waals surface area (Å²) >= 11 is 0. The summed E-state index contributed by atoms with van der Waals surface area (Å²) in [6, 6.07) is 2.37. The van der Waals surface area contributed by atoms with Gasteiger partial charge in [0, 0.05) is 0 Å². The molecule has 92 valence electrons. The SMILES string of the molecule is C=CCOc1ccc(F)cc1C(=O)C(F)(F)F. The molecular weight excluding hydrogens is 240 g/mol. The van der Waals surface area contributed by atoms with Gasteiger partial charge in [0.2, 0.25) is 0 Å². The Morgan fingerprint density at radius 3 is 2.59 bits per heavy atom. The lowest BCUT2D eigenvalue weighted by Crippen LogP contribution is -2.23. The second-order valence-electron chi connectivity index (χ2n) is 3.07. The average Bonchev–Trinajstić information content (AvgIpc) is 2.25. The molecule has 0 saturated carbocycles. The summed E-state index contributed by atoms with van der Waals surface area (Å²) in [5, 5.41) is 0. The van der Waals surface area contributed by atoms with Crippen LogP contribution in [-0.4, -0.2) is 18.6 Å². The molecule has 0 aliphatic rings. The van der Waals surface area contributed by atoms with Gasteiger partial charge in [0.15, 0.2) is 0 Å². The summed E-state index contributed by atoms with van der Waals surface area (Å²) in [4.78, 5) is 11.0. The van der Waals surface area contributed by atoms with Crippen molar-refractivity contribution in [1.29, 1.82) is 0 Å². The highest BCUT2D eigenvalue weighted by atomic mass is 19.4. The summed E-state index contributed by atoms with van der Waals surface area (Å²) in [6.07, 6.45) is -3.77. The molecule has 1 aromatic carbocycles. The molecule has 0 fully saturated rings. The van der Waals surface area contributed by atoms with Crippen LogP contribution in [-0.2, 0) is 0 Å². The number of ketones is 1. The first-order valence-electron chi connectivity index (χ1n) is 4.51. The molecule has 0 N–H and O–H groups in total. The maximum atomic E-state index is 12.8. The third kappa shape index (κ3) is 3.30. The van der Waals surface area contributed by atoms with E-state index in [2.05, 4.69) is 6.58 Å². The van der Waals surface area contributed by atoms with E-state index in [1.165, 1.54) is 6.08 Å². The lowest BCUT2D eigenvalue weighted by atomic mass is 10.1. The quantitative estimate of drug-likeness (QED) is 0.465. The summed E-state index contributed by atoms with van der Waals surface area (Å²) in [6.45, 7) is 3.23. The van der Waals surface area contributed by atoms with Gasteiger partial charge in [0.1, 0.15) is 18.2 Å². The maximum absolute atomic E-state index is 12.8. The molecule has 0 heterocycles. The topological polar surface area (TPSA) is 26.3 Å². The molecule has 0 saturated heterocycles. The van der Waals surface area contributed by atoms with Gasteiger partial charge in [-0.15, -0.1) is 0 Å². The van der Waals surface area contributed by atoms with E-state index in [-0.39, 0.29) is 12.4 Å². The van der Waals surface area contributed by atoms with Crippen molar-refractivity contribution in [2.75, 3.05) is 6.61 Å². The molecule has 0 radical (unpaired) electrons. The van der Waals surface area contributed by atoms with Crippen molar-refractivity contribution in [3.8, 4) is 5.75 Å². The minimum absolute atomic E-state index is 0.0796. The third-order valence-corrected chi connectivity index (χ3v) is 1.80. The van der Waals surface area contributed by atoms with Gasteiger partial charge in [-0.25, -0.2) is 4.39 Å². The Balaban J connectivity index is 3.15. The van der Waals surface area contributed by atoms with E-state index in [4.69, 9.17) is 4.74 Å². The van der Waals surface area contributed by atoms with Gasteiger partial charge in [0.05, 0.1) is 5.56 Å². The highest BCUT2D eigenvalue weighted by Gasteiger charge is 2.41. The maximum Gasteiger partial charge on any atom is 0.455 e. The summed E-state index contributed by atoms with van der Waals surface area (Å²) < 4.78 is 54.3. The molecule has 2 nitrogen and oxygen atoms in total. The van der Waals surface area contributed by atoms with Crippen LogP contribution >= 0.6 is 0 Å². The highest BCUT2D eigenvalue weighted by molar-refractivity contribution is 6.02. The molecule has 0 spiro atoms. The number of rotatable bonds is 4. The molecule has 0 bridgehead atoms. The predicted molar refractivity (Wildman–Crippen MR) is 52.5 cm³/mol. The smallest absolute Gasteiger partial charge is 0.455 e. The van der Waals surface area contributed by atoms with Crippen LogP contribution < -0.4 is 4.74 Å². The molecule has 0 aliphatic carbocycles. The fourth-order valence-corrected chi connectivity index (χ4v) is 1.11. The lowest BCUT2D eigenvalue weighted by Gasteiger charge is -2.11. The Bertz CT molecular complexity index is 438. The largest absolute Gasteiger partial charge is 0.489 e. The zero-order chi connectivity index (χ0) is 13.1. The summed E-state index contributed by atoms with van der Waals surface area (Å²) in [7, 11) is 0. The number of carbonyl (C=O) groups excluding carboxylic acids is 1. The van der Waals surface area contributed by atoms with E-state index >= 15 is 0 Å². The number of alkyl halides is 3.